The molecule has 25 heavy (non-hydrogen) atoms. The third-order valence-electron chi connectivity index (χ3n) is 3.87. The minimum absolute atomic E-state index is 0.0927. The molecule has 0 spiro atoms. The molecular weight excluding hydrogens is 332 g/mol. The average molecular weight is 352 g/mol. The number of aryl methyl sites for hydroxylation is 2. The molecule has 2 aromatic carbocycles. The summed E-state index contributed by atoms with van der Waals surface area (Å²) in [5.74, 6) is 0.631. The van der Waals surface area contributed by atoms with Crippen molar-refractivity contribution in [3.05, 3.63) is 81.3 Å². The van der Waals surface area contributed by atoms with Gasteiger partial charge in [0.15, 0.2) is 0 Å². The second-order valence-corrected chi connectivity index (χ2v) is 6.84. The van der Waals surface area contributed by atoms with Crippen molar-refractivity contribution < 1.29 is 9.53 Å². The molecule has 0 saturated heterocycles. The van der Waals surface area contributed by atoms with Crippen molar-refractivity contribution in [1.29, 1.82) is 0 Å². The Morgan fingerprint density at radius 1 is 1.12 bits per heavy atom. The first-order valence-corrected chi connectivity index (χ1v) is 8.96. The maximum atomic E-state index is 12.3. The zero-order valence-electron chi connectivity index (χ0n) is 14.3. The predicted octanol–water partition coefficient (Wildman–Crippen LogP) is 4.27. The number of thiazole rings is 1. The quantitative estimate of drug-likeness (QED) is 0.721. The van der Waals surface area contributed by atoms with Crippen molar-refractivity contribution in [3.8, 4) is 5.75 Å². The molecule has 3 aromatic rings. The fourth-order valence-electron chi connectivity index (χ4n) is 2.42. The van der Waals surface area contributed by atoms with Crippen LogP contribution in [0.3, 0.4) is 0 Å². The van der Waals surface area contributed by atoms with Crippen LogP contribution in [0.2, 0.25) is 0 Å². The molecular formula is C20H20N2O2S. The van der Waals surface area contributed by atoms with E-state index in [4.69, 9.17) is 4.74 Å². The van der Waals surface area contributed by atoms with E-state index >= 15 is 0 Å². The van der Waals surface area contributed by atoms with Gasteiger partial charge in [0, 0.05) is 17.5 Å². The first kappa shape index (κ1) is 17.2. The van der Waals surface area contributed by atoms with Gasteiger partial charge in [0.2, 0.25) is 0 Å². The maximum Gasteiger partial charge on any atom is 0.251 e. The van der Waals surface area contributed by atoms with Crippen molar-refractivity contribution >= 4 is 17.2 Å². The molecule has 0 unspecified atom stereocenters. The summed E-state index contributed by atoms with van der Waals surface area (Å²) in [5, 5.41) is 5.96. The van der Waals surface area contributed by atoms with Crippen LogP contribution in [0, 0.1) is 13.8 Å². The number of nitrogens with zero attached hydrogens (tertiary/aromatic N) is 1. The molecule has 1 amide bonds. The van der Waals surface area contributed by atoms with E-state index in [0.29, 0.717) is 18.7 Å². The highest BCUT2D eigenvalue weighted by atomic mass is 32.1. The third kappa shape index (κ3) is 4.67. The molecule has 1 N–H and O–H groups in total. The first-order valence-electron chi connectivity index (χ1n) is 8.08. The number of carbonyl (C=O) groups is 1. The summed E-state index contributed by atoms with van der Waals surface area (Å²) in [6.07, 6.45) is 0. The molecule has 1 heterocycles. The third-order valence-corrected chi connectivity index (χ3v) is 4.69. The van der Waals surface area contributed by atoms with Crippen LogP contribution in [-0.2, 0) is 13.2 Å². The molecule has 4 nitrogen and oxygen atoms in total. The van der Waals surface area contributed by atoms with Gasteiger partial charge in [-0.3, -0.25) is 4.79 Å². The van der Waals surface area contributed by atoms with Gasteiger partial charge in [0.05, 0.1) is 10.7 Å². The lowest BCUT2D eigenvalue weighted by Crippen LogP contribution is -2.23. The van der Waals surface area contributed by atoms with E-state index < -0.39 is 0 Å². The fraction of sp³-hybridized carbons (Fsp3) is 0.200. The van der Waals surface area contributed by atoms with Crippen LogP contribution in [-0.4, -0.2) is 10.9 Å². The molecule has 0 radical (unpaired) electrons. The monoisotopic (exact) mass is 352 g/mol. The van der Waals surface area contributed by atoms with E-state index in [0.717, 1.165) is 22.0 Å². The lowest BCUT2D eigenvalue weighted by molar-refractivity contribution is 0.0951. The summed E-state index contributed by atoms with van der Waals surface area (Å²) in [6, 6.07) is 15.2. The van der Waals surface area contributed by atoms with Gasteiger partial charge in [-0.05, 0) is 49.2 Å². The summed E-state index contributed by atoms with van der Waals surface area (Å²) < 4.78 is 5.70. The van der Waals surface area contributed by atoms with E-state index in [1.807, 2.05) is 55.6 Å². The summed E-state index contributed by atoms with van der Waals surface area (Å²) in [4.78, 5) is 16.6. The summed E-state index contributed by atoms with van der Waals surface area (Å²) in [6.45, 7) is 4.96. The number of hydrogen-bond acceptors (Lipinski definition) is 4. The molecule has 0 aliphatic heterocycles. The highest BCUT2D eigenvalue weighted by Gasteiger charge is 2.07. The minimum atomic E-state index is -0.0927. The minimum Gasteiger partial charge on any atom is -0.487 e. The highest BCUT2D eigenvalue weighted by molar-refractivity contribution is 7.09. The Labute approximate surface area is 151 Å². The van der Waals surface area contributed by atoms with E-state index in [2.05, 4.69) is 10.3 Å². The van der Waals surface area contributed by atoms with Gasteiger partial charge in [0.1, 0.15) is 12.4 Å². The first-order chi connectivity index (χ1) is 12.1. The predicted molar refractivity (Wildman–Crippen MR) is 100.0 cm³/mol. The van der Waals surface area contributed by atoms with Gasteiger partial charge in [-0.2, -0.15) is 0 Å². The average Bonchev–Trinajstić information content (AvgIpc) is 3.05. The van der Waals surface area contributed by atoms with E-state index in [1.54, 1.807) is 23.5 Å². The van der Waals surface area contributed by atoms with Gasteiger partial charge < -0.3 is 10.1 Å². The number of amides is 1. The summed E-state index contributed by atoms with van der Waals surface area (Å²) in [5.41, 5.74) is 3.83. The van der Waals surface area contributed by atoms with Gasteiger partial charge in [-0.15, -0.1) is 11.3 Å². The second kappa shape index (κ2) is 7.94. The lowest BCUT2D eigenvalue weighted by atomic mass is 10.1. The Bertz CT molecular complexity index is 856. The lowest BCUT2D eigenvalue weighted by Gasteiger charge is -2.09. The Kier molecular flexibility index (Phi) is 5.46. The van der Waals surface area contributed by atoms with Gasteiger partial charge >= 0.3 is 0 Å². The van der Waals surface area contributed by atoms with Crippen molar-refractivity contribution in [2.45, 2.75) is 27.0 Å². The topological polar surface area (TPSA) is 51.2 Å². The molecule has 0 aliphatic carbocycles. The number of hydrogen-bond donors (Lipinski definition) is 1. The van der Waals surface area contributed by atoms with Crippen LogP contribution in [0.4, 0.5) is 0 Å². The normalized spacial score (nSPS) is 10.5. The van der Waals surface area contributed by atoms with Crippen molar-refractivity contribution in [2.24, 2.45) is 0 Å². The molecule has 0 bridgehead atoms. The van der Waals surface area contributed by atoms with Crippen molar-refractivity contribution in [1.82, 2.24) is 10.3 Å². The van der Waals surface area contributed by atoms with Crippen LogP contribution in [0.5, 0.6) is 5.75 Å². The van der Waals surface area contributed by atoms with Gasteiger partial charge in [0.25, 0.3) is 5.91 Å². The van der Waals surface area contributed by atoms with Crippen LogP contribution in [0.1, 0.15) is 32.2 Å². The zero-order valence-corrected chi connectivity index (χ0v) is 15.1. The molecule has 128 valence electrons. The van der Waals surface area contributed by atoms with Crippen LogP contribution >= 0.6 is 11.3 Å². The zero-order chi connectivity index (χ0) is 17.6. The smallest absolute Gasteiger partial charge is 0.251 e. The molecule has 0 saturated carbocycles. The molecule has 1 aromatic heterocycles. The number of aromatic nitrogens is 1. The van der Waals surface area contributed by atoms with Crippen LogP contribution in [0.15, 0.2) is 53.9 Å². The molecule has 5 heteroatoms. The Hall–Kier alpha value is -2.66. The van der Waals surface area contributed by atoms with Crippen LogP contribution in [0.25, 0.3) is 0 Å². The van der Waals surface area contributed by atoms with Crippen molar-refractivity contribution in [2.75, 3.05) is 0 Å². The molecule has 0 fully saturated rings. The van der Waals surface area contributed by atoms with Crippen molar-refractivity contribution in [3.63, 3.8) is 0 Å². The number of rotatable bonds is 6. The fourth-order valence-corrected chi connectivity index (χ4v) is 3.02. The number of benzene rings is 2. The Morgan fingerprint density at radius 2 is 1.88 bits per heavy atom. The number of ether oxygens (including phenoxy) is 1. The number of carbonyl (C=O) groups excluding carboxylic acids is 1. The standard InChI is InChI=1S/C20H20N2O2S/c1-14-5-3-4-6-17(14)11-21-20(23)16-7-9-19(10-8-16)24-12-18-13-25-15(2)22-18/h3-10,13H,11-12H2,1-2H3,(H,21,23). The summed E-state index contributed by atoms with van der Waals surface area (Å²) in [7, 11) is 0. The SMILES string of the molecule is Cc1nc(COc2ccc(C(=O)NCc3ccccc3C)cc2)cs1. The van der Waals surface area contributed by atoms with Crippen LogP contribution < -0.4 is 10.1 Å². The Balaban J connectivity index is 1.54. The largest absolute Gasteiger partial charge is 0.487 e. The molecule has 0 atom stereocenters. The van der Waals surface area contributed by atoms with E-state index in [1.165, 1.54) is 5.56 Å². The highest BCUT2D eigenvalue weighted by Crippen LogP contribution is 2.16. The Morgan fingerprint density at radius 3 is 2.56 bits per heavy atom. The molecule has 0 aliphatic rings. The van der Waals surface area contributed by atoms with E-state index in [9.17, 15) is 4.79 Å². The molecule has 3 rings (SSSR count). The van der Waals surface area contributed by atoms with Gasteiger partial charge in [-0.25, -0.2) is 4.98 Å². The van der Waals surface area contributed by atoms with Gasteiger partial charge in [-0.1, -0.05) is 24.3 Å². The summed E-state index contributed by atoms with van der Waals surface area (Å²) >= 11 is 1.61. The van der Waals surface area contributed by atoms with E-state index in [-0.39, 0.29) is 5.91 Å². The second-order valence-electron chi connectivity index (χ2n) is 5.78. The maximum absolute atomic E-state index is 12.3. The number of nitrogens with one attached hydrogen (secondary N) is 1.